The molecular weight excluding hydrogens is 375 g/mol. The van der Waals surface area contributed by atoms with Crippen molar-refractivity contribution in [2.75, 3.05) is 18.5 Å². The molecule has 5 nitrogen and oxygen atoms in total. The predicted octanol–water partition coefficient (Wildman–Crippen LogP) is 4.65. The van der Waals surface area contributed by atoms with Gasteiger partial charge in [-0.15, -0.1) is 13.2 Å². The Hall–Kier alpha value is -2.61. The van der Waals surface area contributed by atoms with Gasteiger partial charge in [-0.2, -0.15) is 0 Å². The van der Waals surface area contributed by atoms with E-state index in [0.29, 0.717) is 30.4 Å². The summed E-state index contributed by atoms with van der Waals surface area (Å²) in [5.41, 5.74) is 0.444. The van der Waals surface area contributed by atoms with Crippen molar-refractivity contribution in [1.29, 1.82) is 0 Å². The van der Waals surface area contributed by atoms with Crippen LogP contribution in [0.2, 0.25) is 5.02 Å². The SMILES string of the molecule is O=C(Nc1cc2c(cc1Cl)OCCCO2)c1ccc(OC(F)(F)F)cc1. The molecule has 0 saturated heterocycles. The van der Waals surface area contributed by atoms with E-state index in [2.05, 4.69) is 10.1 Å². The minimum atomic E-state index is -4.79. The van der Waals surface area contributed by atoms with Crippen molar-refractivity contribution in [1.82, 2.24) is 0 Å². The highest BCUT2D eigenvalue weighted by Crippen LogP contribution is 2.37. The summed E-state index contributed by atoms with van der Waals surface area (Å²) in [7, 11) is 0. The minimum absolute atomic E-state index is 0.141. The number of fused-ring (bicyclic) bond motifs is 1. The van der Waals surface area contributed by atoms with Crippen LogP contribution in [0.4, 0.5) is 18.9 Å². The highest BCUT2D eigenvalue weighted by atomic mass is 35.5. The number of carbonyl (C=O) groups is 1. The van der Waals surface area contributed by atoms with E-state index in [1.807, 2.05) is 0 Å². The first-order valence-corrected chi connectivity index (χ1v) is 7.96. The van der Waals surface area contributed by atoms with Crippen LogP contribution in [0.25, 0.3) is 0 Å². The molecule has 0 saturated carbocycles. The maximum Gasteiger partial charge on any atom is 0.573 e. The number of ether oxygens (including phenoxy) is 3. The molecule has 26 heavy (non-hydrogen) atoms. The van der Waals surface area contributed by atoms with Crippen molar-refractivity contribution in [2.45, 2.75) is 12.8 Å². The third kappa shape index (κ3) is 4.51. The molecule has 2 aromatic carbocycles. The second-order valence-corrected chi connectivity index (χ2v) is 5.76. The van der Waals surface area contributed by atoms with Crippen molar-refractivity contribution in [2.24, 2.45) is 0 Å². The molecule has 0 radical (unpaired) electrons. The molecule has 0 unspecified atom stereocenters. The van der Waals surface area contributed by atoms with Crippen LogP contribution >= 0.6 is 11.6 Å². The second-order valence-electron chi connectivity index (χ2n) is 5.36. The molecule has 0 aromatic heterocycles. The molecule has 0 atom stereocenters. The van der Waals surface area contributed by atoms with Crippen LogP contribution in [0.15, 0.2) is 36.4 Å². The molecule has 3 rings (SSSR count). The van der Waals surface area contributed by atoms with E-state index >= 15 is 0 Å². The van der Waals surface area contributed by atoms with E-state index < -0.39 is 18.0 Å². The summed E-state index contributed by atoms with van der Waals surface area (Å²) in [6.07, 6.45) is -4.07. The Morgan fingerprint density at radius 2 is 1.69 bits per heavy atom. The van der Waals surface area contributed by atoms with Gasteiger partial charge in [0.1, 0.15) is 5.75 Å². The Balaban J connectivity index is 1.74. The topological polar surface area (TPSA) is 56.8 Å². The van der Waals surface area contributed by atoms with Crippen molar-refractivity contribution in [3.05, 3.63) is 47.0 Å². The highest BCUT2D eigenvalue weighted by molar-refractivity contribution is 6.34. The number of benzene rings is 2. The maximum absolute atomic E-state index is 12.3. The van der Waals surface area contributed by atoms with E-state index in [-0.39, 0.29) is 10.6 Å². The predicted molar refractivity (Wildman–Crippen MR) is 88.1 cm³/mol. The molecule has 1 heterocycles. The van der Waals surface area contributed by atoms with Crippen molar-refractivity contribution in [3.63, 3.8) is 0 Å². The molecule has 0 spiro atoms. The first-order chi connectivity index (χ1) is 12.3. The number of halogens is 4. The average molecular weight is 388 g/mol. The van der Waals surface area contributed by atoms with E-state index in [4.69, 9.17) is 21.1 Å². The van der Waals surface area contributed by atoms with Gasteiger partial charge in [0, 0.05) is 24.1 Å². The van der Waals surface area contributed by atoms with Crippen molar-refractivity contribution in [3.8, 4) is 17.2 Å². The summed E-state index contributed by atoms with van der Waals surface area (Å²) in [6, 6.07) is 7.62. The Morgan fingerprint density at radius 3 is 2.31 bits per heavy atom. The van der Waals surface area contributed by atoms with Gasteiger partial charge < -0.3 is 19.5 Å². The van der Waals surface area contributed by atoms with Crippen LogP contribution in [-0.4, -0.2) is 25.5 Å². The van der Waals surface area contributed by atoms with Crippen molar-refractivity contribution < 1.29 is 32.2 Å². The van der Waals surface area contributed by atoms with Crippen molar-refractivity contribution >= 4 is 23.2 Å². The zero-order valence-electron chi connectivity index (χ0n) is 13.2. The summed E-state index contributed by atoms with van der Waals surface area (Å²) < 4.78 is 51.3. The number of rotatable bonds is 3. The summed E-state index contributed by atoms with van der Waals surface area (Å²) in [6.45, 7) is 0.976. The van der Waals surface area contributed by atoms with Gasteiger partial charge >= 0.3 is 6.36 Å². The Morgan fingerprint density at radius 1 is 1.08 bits per heavy atom. The number of carbonyl (C=O) groups excluding carboxylic acids is 1. The lowest BCUT2D eigenvalue weighted by Crippen LogP contribution is -2.17. The first-order valence-electron chi connectivity index (χ1n) is 7.58. The fraction of sp³-hybridized carbons (Fsp3) is 0.235. The number of nitrogens with one attached hydrogen (secondary N) is 1. The third-order valence-electron chi connectivity index (χ3n) is 3.44. The van der Waals surface area contributed by atoms with Crippen LogP contribution in [0.5, 0.6) is 17.2 Å². The van der Waals surface area contributed by atoms with Crippen LogP contribution in [-0.2, 0) is 0 Å². The highest BCUT2D eigenvalue weighted by Gasteiger charge is 2.31. The molecule has 1 aliphatic heterocycles. The lowest BCUT2D eigenvalue weighted by molar-refractivity contribution is -0.274. The van der Waals surface area contributed by atoms with Gasteiger partial charge in [-0.05, 0) is 24.3 Å². The lowest BCUT2D eigenvalue weighted by Gasteiger charge is -2.13. The van der Waals surface area contributed by atoms with Gasteiger partial charge in [-0.3, -0.25) is 4.79 Å². The molecule has 138 valence electrons. The number of amides is 1. The van der Waals surface area contributed by atoms with E-state index in [1.54, 1.807) is 6.07 Å². The molecule has 1 N–H and O–H groups in total. The molecule has 9 heteroatoms. The maximum atomic E-state index is 12.3. The van der Waals surface area contributed by atoms with Gasteiger partial charge in [0.05, 0.1) is 23.9 Å². The number of hydrogen-bond donors (Lipinski definition) is 1. The second kappa shape index (κ2) is 7.33. The van der Waals surface area contributed by atoms with Gasteiger partial charge in [0.15, 0.2) is 11.5 Å². The molecule has 0 fully saturated rings. The van der Waals surface area contributed by atoms with Crippen LogP contribution < -0.4 is 19.5 Å². The first kappa shape index (κ1) is 18.2. The fourth-order valence-electron chi connectivity index (χ4n) is 2.28. The van der Waals surface area contributed by atoms with Gasteiger partial charge in [-0.25, -0.2) is 0 Å². The minimum Gasteiger partial charge on any atom is -0.490 e. The van der Waals surface area contributed by atoms with Crippen LogP contribution in [0, 0.1) is 0 Å². The molecule has 0 aliphatic carbocycles. The normalized spacial score (nSPS) is 13.7. The summed E-state index contributed by atoms with van der Waals surface area (Å²) in [5, 5.41) is 2.84. The number of alkyl halides is 3. The van der Waals surface area contributed by atoms with E-state index in [0.717, 1.165) is 18.6 Å². The van der Waals surface area contributed by atoms with E-state index in [9.17, 15) is 18.0 Å². The molecule has 1 aliphatic rings. The quantitative estimate of drug-likeness (QED) is 0.832. The molecular formula is C17H13ClF3NO4. The van der Waals surface area contributed by atoms with Gasteiger partial charge in [-0.1, -0.05) is 11.6 Å². The number of hydrogen-bond acceptors (Lipinski definition) is 4. The third-order valence-corrected chi connectivity index (χ3v) is 3.75. The zero-order chi connectivity index (χ0) is 18.7. The summed E-state index contributed by atoms with van der Waals surface area (Å²) >= 11 is 6.15. The molecule has 0 bridgehead atoms. The molecule has 2 aromatic rings. The van der Waals surface area contributed by atoms with Gasteiger partial charge in [0.25, 0.3) is 5.91 Å². The van der Waals surface area contributed by atoms with Crippen LogP contribution in [0.1, 0.15) is 16.8 Å². The molecule has 1 amide bonds. The fourth-order valence-corrected chi connectivity index (χ4v) is 2.48. The lowest BCUT2D eigenvalue weighted by atomic mass is 10.2. The smallest absolute Gasteiger partial charge is 0.490 e. The summed E-state index contributed by atoms with van der Waals surface area (Å²) in [4.78, 5) is 12.3. The Bertz CT molecular complexity index is 809. The monoisotopic (exact) mass is 387 g/mol. The number of anilines is 1. The Kier molecular flexibility index (Phi) is 5.13. The van der Waals surface area contributed by atoms with Gasteiger partial charge in [0.2, 0.25) is 0 Å². The zero-order valence-corrected chi connectivity index (χ0v) is 14.0. The average Bonchev–Trinajstić information content (AvgIpc) is 2.79. The van der Waals surface area contributed by atoms with Crippen LogP contribution in [0.3, 0.4) is 0 Å². The largest absolute Gasteiger partial charge is 0.573 e. The summed E-state index contributed by atoms with van der Waals surface area (Å²) in [5.74, 6) is -0.0158. The standard InChI is InChI=1S/C17H13ClF3NO4/c18-12-8-14-15(25-7-1-6-24-14)9-13(12)22-16(23)10-2-4-11(5-3-10)26-17(19,20)21/h2-5,8-9H,1,6-7H2,(H,22,23). The Labute approximate surface area is 151 Å². The van der Waals surface area contributed by atoms with E-state index in [1.165, 1.54) is 18.2 Å².